The molecule has 0 radical (unpaired) electrons. The molecule has 1 aromatic carbocycles. The fourth-order valence-corrected chi connectivity index (χ4v) is 1.84. The summed E-state index contributed by atoms with van der Waals surface area (Å²) in [6.45, 7) is 0. The van der Waals surface area contributed by atoms with Crippen LogP contribution in [0.1, 0.15) is 19.3 Å². The molecule has 0 aliphatic heterocycles. The lowest BCUT2D eigenvalue weighted by atomic mass is 9.77. The summed E-state index contributed by atoms with van der Waals surface area (Å²) in [7, 11) is 0. The Hall–Kier alpha value is -0.580. The molecule has 1 aliphatic rings. The minimum absolute atomic E-state index is 0. The van der Waals surface area contributed by atoms with Gasteiger partial charge in [0.05, 0.1) is 5.54 Å². The van der Waals surface area contributed by atoms with Crippen LogP contribution in [-0.2, 0) is 4.79 Å². The van der Waals surface area contributed by atoms with Crippen LogP contribution >= 0.6 is 28.3 Å². The average molecular weight is 306 g/mol. The number of nitrogens with two attached hydrogens (primary N) is 1. The highest BCUT2D eigenvalue weighted by atomic mass is 79.9. The number of halogens is 2. The van der Waals surface area contributed by atoms with Crippen molar-refractivity contribution < 1.29 is 4.79 Å². The monoisotopic (exact) mass is 304 g/mol. The lowest BCUT2D eigenvalue weighted by Gasteiger charge is -2.36. The molecule has 16 heavy (non-hydrogen) atoms. The molecule has 1 aromatic rings. The fraction of sp³-hybridized carbons (Fsp3) is 0.364. The van der Waals surface area contributed by atoms with Crippen LogP contribution in [0.4, 0.5) is 5.69 Å². The Labute approximate surface area is 109 Å². The van der Waals surface area contributed by atoms with Crippen LogP contribution in [-0.4, -0.2) is 11.4 Å². The molecule has 2 rings (SSSR count). The molecule has 1 aliphatic carbocycles. The standard InChI is InChI=1S/C11H13BrN2O.ClH/c12-8-2-4-9(5-3-8)14-10(15)11(13)6-1-7-11;/h2-5H,1,6-7,13H2,(H,14,15);1H. The molecule has 1 amide bonds. The van der Waals surface area contributed by atoms with Crippen molar-refractivity contribution in [3.05, 3.63) is 28.7 Å². The van der Waals surface area contributed by atoms with Crippen molar-refractivity contribution in [2.75, 3.05) is 5.32 Å². The molecule has 5 heteroatoms. The van der Waals surface area contributed by atoms with Crippen LogP contribution in [0.2, 0.25) is 0 Å². The van der Waals surface area contributed by atoms with E-state index in [0.29, 0.717) is 0 Å². The highest BCUT2D eigenvalue weighted by Gasteiger charge is 2.39. The first-order valence-electron chi connectivity index (χ1n) is 4.96. The van der Waals surface area contributed by atoms with Crippen LogP contribution in [0.25, 0.3) is 0 Å². The van der Waals surface area contributed by atoms with Crippen molar-refractivity contribution in [1.82, 2.24) is 0 Å². The van der Waals surface area contributed by atoms with E-state index in [-0.39, 0.29) is 18.3 Å². The molecule has 0 heterocycles. The van der Waals surface area contributed by atoms with Gasteiger partial charge in [-0.25, -0.2) is 0 Å². The van der Waals surface area contributed by atoms with Crippen molar-refractivity contribution in [3.63, 3.8) is 0 Å². The second kappa shape index (κ2) is 5.17. The Balaban J connectivity index is 0.00000128. The van der Waals surface area contributed by atoms with Gasteiger partial charge >= 0.3 is 0 Å². The number of nitrogens with one attached hydrogen (secondary N) is 1. The third kappa shape index (κ3) is 2.75. The number of amides is 1. The third-order valence-electron chi connectivity index (χ3n) is 2.80. The minimum Gasteiger partial charge on any atom is -0.324 e. The van der Waals surface area contributed by atoms with E-state index in [1.165, 1.54) is 0 Å². The Morgan fingerprint density at radius 2 is 1.88 bits per heavy atom. The average Bonchev–Trinajstić information content (AvgIpc) is 2.18. The number of carbonyl (C=O) groups is 1. The van der Waals surface area contributed by atoms with Gasteiger partial charge in [0.2, 0.25) is 5.91 Å². The van der Waals surface area contributed by atoms with E-state index >= 15 is 0 Å². The topological polar surface area (TPSA) is 55.1 Å². The molecule has 88 valence electrons. The SMILES string of the molecule is Cl.NC1(C(=O)Nc2ccc(Br)cc2)CCC1. The summed E-state index contributed by atoms with van der Waals surface area (Å²) < 4.78 is 0.992. The quantitative estimate of drug-likeness (QED) is 0.882. The smallest absolute Gasteiger partial charge is 0.244 e. The van der Waals surface area contributed by atoms with Gasteiger partial charge in [0.25, 0.3) is 0 Å². The molecule has 0 bridgehead atoms. The normalized spacial score (nSPS) is 16.9. The maximum Gasteiger partial charge on any atom is 0.244 e. The fourth-order valence-electron chi connectivity index (χ4n) is 1.57. The van der Waals surface area contributed by atoms with Gasteiger partial charge in [-0.05, 0) is 43.5 Å². The lowest BCUT2D eigenvalue weighted by Crippen LogP contribution is -2.56. The second-order valence-corrected chi connectivity index (χ2v) is 4.89. The van der Waals surface area contributed by atoms with E-state index in [1.807, 2.05) is 24.3 Å². The number of carbonyl (C=O) groups excluding carboxylic acids is 1. The molecule has 0 atom stereocenters. The highest BCUT2D eigenvalue weighted by Crippen LogP contribution is 2.30. The van der Waals surface area contributed by atoms with Crippen LogP contribution in [0.5, 0.6) is 0 Å². The molecular weight excluding hydrogens is 291 g/mol. The molecular formula is C11H14BrClN2O. The van der Waals surface area contributed by atoms with E-state index in [4.69, 9.17) is 5.73 Å². The van der Waals surface area contributed by atoms with Crippen molar-refractivity contribution in [2.24, 2.45) is 5.73 Å². The van der Waals surface area contributed by atoms with Gasteiger partial charge in [0.1, 0.15) is 0 Å². The molecule has 1 fully saturated rings. The van der Waals surface area contributed by atoms with E-state index < -0.39 is 5.54 Å². The Kier molecular flexibility index (Phi) is 4.35. The first kappa shape index (κ1) is 13.5. The van der Waals surface area contributed by atoms with Gasteiger partial charge in [-0.1, -0.05) is 15.9 Å². The Morgan fingerprint density at radius 1 is 1.31 bits per heavy atom. The van der Waals surface area contributed by atoms with Gasteiger partial charge in [-0.3, -0.25) is 4.79 Å². The molecule has 1 saturated carbocycles. The van der Waals surface area contributed by atoms with Crippen molar-refractivity contribution >= 4 is 39.9 Å². The molecule has 0 aromatic heterocycles. The van der Waals surface area contributed by atoms with E-state index in [0.717, 1.165) is 29.4 Å². The zero-order valence-electron chi connectivity index (χ0n) is 8.70. The second-order valence-electron chi connectivity index (χ2n) is 3.97. The maximum absolute atomic E-state index is 11.8. The van der Waals surface area contributed by atoms with Crippen molar-refractivity contribution in [1.29, 1.82) is 0 Å². The van der Waals surface area contributed by atoms with Crippen LogP contribution < -0.4 is 11.1 Å². The first-order chi connectivity index (χ1) is 7.10. The number of benzene rings is 1. The van der Waals surface area contributed by atoms with Crippen molar-refractivity contribution in [3.8, 4) is 0 Å². The zero-order chi connectivity index (χ0) is 10.9. The number of anilines is 1. The maximum atomic E-state index is 11.8. The lowest BCUT2D eigenvalue weighted by molar-refractivity contribution is -0.123. The van der Waals surface area contributed by atoms with Gasteiger partial charge in [-0.15, -0.1) is 12.4 Å². The van der Waals surface area contributed by atoms with Gasteiger partial charge in [-0.2, -0.15) is 0 Å². The minimum atomic E-state index is -0.632. The molecule has 0 saturated heterocycles. The zero-order valence-corrected chi connectivity index (χ0v) is 11.1. The number of rotatable bonds is 2. The number of hydrogen-bond acceptors (Lipinski definition) is 2. The summed E-state index contributed by atoms with van der Waals surface area (Å²) >= 11 is 3.34. The summed E-state index contributed by atoms with van der Waals surface area (Å²) in [5, 5.41) is 2.83. The Bertz CT molecular complexity index is 376. The Morgan fingerprint density at radius 3 is 2.31 bits per heavy atom. The van der Waals surface area contributed by atoms with Crippen LogP contribution in [0.15, 0.2) is 28.7 Å². The summed E-state index contributed by atoms with van der Waals surface area (Å²) in [6.07, 6.45) is 2.62. The predicted molar refractivity (Wildman–Crippen MR) is 70.8 cm³/mol. The molecule has 3 N–H and O–H groups in total. The van der Waals surface area contributed by atoms with Gasteiger partial charge in [0.15, 0.2) is 0 Å². The van der Waals surface area contributed by atoms with Crippen molar-refractivity contribution in [2.45, 2.75) is 24.8 Å². The van der Waals surface area contributed by atoms with E-state index in [2.05, 4.69) is 21.2 Å². The predicted octanol–water partition coefficient (Wildman–Crippen LogP) is 2.69. The summed E-state index contributed by atoms with van der Waals surface area (Å²) in [5.74, 6) is -0.0731. The van der Waals surface area contributed by atoms with E-state index in [1.54, 1.807) is 0 Å². The highest BCUT2D eigenvalue weighted by molar-refractivity contribution is 9.10. The van der Waals surface area contributed by atoms with Crippen LogP contribution in [0, 0.1) is 0 Å². The molecule has 0 spiro atoms. The van der Waals surface area contributed by atoms with Crippen LogP contribution in [0.3, 0.4) is 0 Å². The van der Waals surface area contributed by atoms with E-state index in [9.17, 15) is 4.79 Å². The summed E-state index contributed by atoms with van der Waals surface area (Å²) in [4.78, 5) is 11.8. The first-order valence-corrected chi connectivity index (χ1v) is 5.75. The molecule has 3 nitrogen and oxygen atoms in total. The summed E-state index contributed by atoms with van der Waals surface area (Å²) in [6, 6.07) is 7.48. The largest absolute Gasteiger partial charge is 0.324 e. The number of hydrogen-bond donors (Lipinski definition) is 2. The van der Waals surface area contributed by atoms with Gasteiger partial charge in [0, 0.05) is 10.2 Å². The molecule has 0 unspecified atom stereocenters. The third-order valence-corrected chi connectivity index (χ3v) is 3.33. The summed E-state index contributed by atoms with van der Waals surface area (Å²) in [5.41, 5.74) is 6.06. The van der Waals surface area contributed by atoms with Gasteiger partial charge < -0.3 is 11.1 Å².